The number of likely N-dealkylation sites (N-methyl/N-ethyl adjacent to an activating group) is 2. The molecule has 0 aliphatic carbocycles. The number of carbonyl (C=O) groups excluding carboxylic acids is 1. The number of likely N-dealkylation sites (tertiary alicyclic amines) is 1. The van der Waals surface area contributed by atoms with Crippen LogP contribution in [0.2, 0.25) is 0 Å². The Kier molecular flexibility index (Phi) is 4.68. The van der Waals surface area contributed by atoms with E-state index in [9.17, 15) is 4.79 Å². The Balaban J connectivity index is 2.61. The van der Waals surface area contributed by atoms with Crippen molar-refractivity contribution in [1.82, 2.24) is 9.80 Å². The second-order valence-electron chi connectivity index (χ2n) is 4.46. The third kappa shape index (κ3) is 2.92. The highest BCUT2D eigenvalue weighted by atomic mass is 32.1. The van der Waals surface area contributed by atoms with E-state index in [1.54, 1.807) is 4.90 Å². The molecule has 0 aromatic carbocycles. The van der Waals surface area contributed by atoms with Crippen LogP contribution in [-0.4, -0.2) is 53.4 Å². The van der Waals surface area contributed by atoms with Crippen molar-refractivity contribution in [3.05, 3.63) is 0 Å². The minimum Gasteiger partial charge on any atom is -0.393 e. The summed E-state index contributed by atoms with van der Waals surface area (Å²) < 4.78 is 0. The zero-order valence-corrected chi connectivity index (χ0v) is 11.1. The van der Waals surface area contributed by atoms with Crippen LogP contribution in [0.1, 0.15) is 20.3 Å². The third-order valence-electron chi connectivity index (χ3n) is 3.24. The van der Waals surface area contributed by atoms with Crippen LogP contribution >= 0.6 is 12.2 Å². The number of carbonyl (C=O) groups is 1. The number of nitrogens with two attached hydrogens (primary N) is 1. The quantitative estimate of drug-likeness (QED) is 0.713. The van der Waals surface area contributed by atoms with Crippen LogP contribution in [-0.2, 0) is 4.79 Å². The van der Waals surface area contributed by atoms with E-state index in [-0.39, 0.29) is 17.9 Å². The lowest BCUT2D eigenvalue weighted by Gasteiger charge is -2.28. The Morgan fingerprint density at radius 1 is 1.75 bits per heavy atom. The van der Waals surface area contributed by atoms with E-state index in [1.165, 1.54) is 0 Å². The molecule has 1 amide bonds. The maximum atomic E-state index is 11.9. The second kappa shape index (κ2) is 5.59. The number of hydrogen-bond donors (Lipinski definition) is 1. The molecule has 1 saturated heterocycles. The molecular weight excluding hydrogens is 222 g/mol. The van der Waals surface area contributed by atoms with Crippen LogP contribution in [0.4, 0.5) is 0 Å². The summed E-state index contributed by atoms with van der Waals surface area (Å²) in [6.07, 6.45) is 0.910. The Labute approximate surface area is 103 Å². The maximum absolute atomic E-state index is 11.9. The predicted molar refractivity (Wildman–Crippen MR) is 69.2 cm³/mol. The van der Waals surface area contributed by atoms with E-state index in [0.29, 0.717) is 4.99 Å². The Morgan fingerprint density at radius 2 is 2.38 bits per heavy atom. The molecule has 2 N–H and O–H groups in total. The Morgan fingerprint density at radius 3 is 2.75 bits per heavy atom. The van der Waals surface area contributed by atoms with E-state index in [0.717, 1.165) is 26.1 Å². The standard InChI is InChI=1S/C11H21N3OS/c1-4-14(7-8(2)10(12)16)9-5-6-13(3)11(9)15/h8-9H,4-7H2,1-3H3,(H2,12,16). The van der Waals surface area contributed by atoms with Crippen molar-refractivity contribution in [1.29, 1.82) is 0 Å². The zero-order chi connectivity index (χ0) is 12.3. The maximum Gasteiger partial charge on any atom is 0.239 e. The van der Waals surface area contributed by atoms with Crippen LogP contribution in [0.25, 0.3) is 0 Å². The molecule has 0 radical (unpaired) electrons. The van der Waals surface area contributed by atoms with Crippen molar-refractivity contribution in [2.24, 2.45) is 11.7 Å². The first-order chi connectivity index (χ1) is 7.47. The van der Waals surface area contributed by atoms with Crippen molar-refractivity contribution < 1.29 is 4.79 Å². The molecule has 1 fully saturated rings. The highest BCUT2D eigenvalue weighted by molar-refractivity contribution is 7.80. The highest BCUT2D eigenvalue weighted by Crippen LogP contribution is 2.17. The molecule has 1 aliphatic heterocycles. The topological polar surface area (TPSA) is 49.6 Å². The van der Waals surface area contributed by atoms with Crippen LogP contribution in [0.15, 0.2) is 0 Å². The monoisotopic (exact) mass is 243 g/mol. The third-order valence-corrected chi connectivity index (χ3v) is 3.64. The van der Waals surface area contributed by atoms with Gasteiger partial charge in [-0.05, 0) is 13.0 Å². The van der Waals surface area contributed by atoms with Crippen molar-refractivity contribution in [2.75, 3.05) is 26.7 Å². The summed E-state index contributed by atoms with van der Waals surface area (Å²) in [5.41, 5.74) is 5.61. The molecule has 1 heterocycles. The molecule has 0 spiro atoms. The van der Waals surface area contributed by atoms with Gasteiger partial charge in [-0.2, -0.15) is 0 Å². The predicted octanol–water partition coefficient (Wildman–Crippen LogP) is 0.461. The first-order valence-electron chi connectivity index (χ1n) is 5.75. The molecule has 0 aromatic heterocycles. The van der Waals surface area contributed by atoms with Gasteiger partial charge in [0.2, 0.25) is 5.91 Å². The van der Waals surface area contributed by atoms with Gasteiger partial charge in [-0.1, -0.05) is 26.1 Å². The molecule has 1 aliphatic rings. The Hall–Kier alpha value is -0.680. The molecular formula is C11H21N3OS. The van der Waals surface area contributed by atoms with Crippen LogP contribution in [0.5, 0.6) is 0 Å². The SMILES string of the molecule is CCN(CC(C)C(N)=S)C1CCN(C)C1=O. The summed E-state index contributed by atoms with van der Waals surface area (Å²) in [5.74, 6) is 0.380. The zero-order valence-electron chi connectivity index (χ0n) is 10.3. The Bertz CT molecular complexity index is 282. The molecule has 5 heteroatoms. The summed E-state index contributed by atoms with van der Waals surface area (Å²) in [7, 11) is 1.85. The fourth-order valence-electron chi connectivity index (χ4n) is 2.06. The summed E-state index contributed by atoms with van der Waals surface area (Å²) in [6.45, 7) is 6.56. The molecule has 0 aromatic rings. The van der Waals surface area contributed by atoms with Crippen molar-refractivity contribution in [3.8, 4) is 0 Å². The van der Waals surface area contributed by atoms with Crippen LogP contribution in [0, 0.1) is 5.92 Å². The van der Waals surface area contributed by atoms with Crippen LogP contribution < -0.4 is 5.73 Å². The molecule has 0 bridgehead atoms. The van der Waals surface area contributed by atoms with Crippen LogP contribution in [0.3, 0.4) is 0 Å². The van der Waals surface area contributed by atoms with Gasteiger partial charge in [0.25, 0.3) is 0 Å². The lowest BCUT2D eigenvalue weighted by Crippen LogP contribution is -2.44. The van der Waals surface area contributed by atoms with E-state index in [1.807, 2.05) is 14.0 Å². The summed E-state index contributed by atoms with van der Waals surface area (Å²) in [6, 6.07) is 0.0202. The first kappa shape index (κ1) is 13.4. The molecule has 0 saturated carbocycles. The number of amides is 1. The summed E-state index contributed by atoms with van der Waals surface area (Å²) >= 11 is 4.97. The van der Waals surface area contributed by atoms with E-state index in [4.69, 9.17) is 18.0 Å². The smallest absolute Gasteiger partial charge is 0.239 e. The molecule has 2 unspecified atom stereocenters. The lowest BCUT2D eigenvalue weighted by atomic mass is 10.1. The molecule has 92 valence electrons. The second-order valence-corrected chi connectivity index (χ2v) is 4.93. The van der Waals surface area contributed by atoms with Gasteiger partial charge < -0.3 is 10.6 Å². The van der Waals surface area contributed by atoms with Gasteiger partial charge in [-0.3, -0.25) is 9.69 Å². The normalized spacial score (nSPS) is 22.9. The highest BCUT2D eigenvalue weighted by Gasteiger charge is 2.33. The average molecular weight is 243 g/mol. The fourth-order valence-corrected chi connectivity index (χ4v) is 2.14. The van der Waals surface area contributed by atoms with Gasteiger partial charge >= 0.3 is 0 Å². The fraction of sp³-hybridized carbons (Fsp3) is 0.818. The van der Waals surface area contributed by atoms with Gasteiger partial charge in [0.1, 0.15) is 0 Å². The van der Waals surface area contributed by atoms with Crippen molar-refractivity contribution >= 4 is 23.1 Å². The summed E-state index contributed by atoms with van der Waals surface area (Å²) in [4.78, 5) is 16.4. The number of nitrogens with zero attached hydrogens (tertiary/aromatic N) is 2. The van der Waals surface area contributed by atoms with Crippen molar-refractivity contribution in [2.45, 2.75) is 26.3 Å². The number of thiocarbonyl (C=S) groups is 1. The van der Waals surface area contributed by atoms with Gasteiger partial charge in [0.05, 0.1) is 11.0 Å². The molecule has 1 rings (SSSR count). The molecule has 2 atom stereocenters. The van der Waals surface area contributed by atoms with Gasteiger partial charge in [-0.15, -0.1) is 0 Å². The average Bonchev–Trinajstić information content (AvgIpc) is 2.56. The lowest BCUT2D eigenvalue weighted by molar-refractivity contribution is -0.131. The van der Waals surface area contributed by atoms with Gasteiger partial charge in [0.15, 0.2) is 0 Å². The number of hydrogen-bond acceptors (Lipinski definition) is 3. The summed E-state index contributed by atoms with van der Waals surface area (Å²) in [5, 5.41) is 0. The molecule has 16 heavy (non-hydrogen) atoms. The first-order valence-corrected chi connectivity index (χ1v) is 6.16. The molecule has 4 nitrogen and oxygen atoms in total. The minimum absolute atomic E-state index is 0.0202. The van der Waals surface area contributed by atoms with E-state index >= 15 is 0 Å². The number of rotatable bonds is 5. The largest absolute Gasteiger partial charge is 0.393 e. The van der Waals surface area contributed by atoms with Gasteiger partial charge in [0, 0.05) is 26.1 Å². The van der Waals surface area contributed by atoms with Crippen molar-refractivity contribution in [3.63, 3.8) is 0 Å². The minimum atomic E-state index is 0.0202. The van der Waals surface area contributed by atoms with E-state index < -0.39 is 0 Å². The van der Waals surface area contributed by atoms with E-state index in [2.05, 4.69) is 11.8 Å². The van der Waals surface area contributed by atoms with Gasteiger partial charge in [-0.25, -0.2) is 0 Å².